The highest BCUT2D eigenvalue weighted by molar-refractivity contribution is 5.32. The van der Waals surface area contributed by atoms with Crippen LogP contribution in [0.3, 0.4) is 0 Å². The van der Waals surface area contributed by atoms with Crippen molar-refractivity contribution < 1.29 is 9.13 Å². The number of nitrogens with one attached hydrogen (secondary N) is 1. The molecule has 2 atom stereocenters. The molecule has 2 rings (SSSR count). The molecule has 0 aromatic heterocycles. The van der Waals surface area contributed by atoms with Crippen molar-refractivity contribution in [3.63, 3.8) is 0 Å². The first-order valence-corrected chi connectivity index (χ1v) is 6.36. The summed E-state index contributed by atoms with van der Waals surface area (Å²) in [6, 6.07) is 5.84. The molecule has 1 fully saturated rings. The molecule has 1 aromatic rings. The van der Waals surface area contributed by atoms with Crippen LogP contribution in [0.15, 0.2) is 18.2 Å². The molecule has 4 heteroatoms. The zero-order valence-electron chi connectivity index (χ0n) is 11.2. The molecular weight excluding hydrogens is 231 g/mol. The van der Waals surface area contributed by atoms with Crippen LogP contribution >= 0.6 is 0 Å². The maximum atomic E-state index is 13.8. The Hall–Kier alpha value is -1.13. The topological polar surface area (TPSA) is 24.5 Å². The average Bonchev–Trinajstić information content (AvgIpc) is 2.82. The van der Waals surface area contributed by atoms with Gasteiger partial charge in [0.05, 0.1) is 7.11 Å². The number of benzene rings is 1. The van der Waals surface area contributed by atoms with Gasteiger partial charge >= 0.3 is 0 Å². The van der Waals surface area contributed by atoms with Crippen molar-refractivity contribution in [1.29, 1.82) is 0 Å². The number of ether oxygens (including phenoxy) is 1. The molecule has 1 aliphatic rings. The summed E-state index contributed by atoms with van der Waals surface area (Å²) in [4.78, 5) is 2.14. The minimum absolute atomic E-state index is 0.202. The predicted molar refractivity (Wildman–Crippen MR) is 70.4 cm³/mol. The van der Waals surface area contributed by atoms with Gasteiger partial charge in [0.15, 0.2) is 11.6 Å². The van der Waals surface area contributed by atoms with E-state index in [4.69, 9.17) is 4.74 Å². The standard InChI is InChI=1S/C14H21FN2O/c1-17(2)14(12-5-4-8-16-12)10-6-7-13(18-3)11(15)9-10/h6-7,9,12,14,16H,4-5,8H2,1-3H3. The minimum atomic E-state index is -0.292. The highest BCUT2D eigenvalue weighted by Crippen LogP contribution is 2.29. The third kappa shape index (κ3) is 2.65. The SMILES string of the molecule is COc1ccc(C(C2CCCN2)N(C)C)cc1F. The van der Waals surface area contributed by atoms with Gasteiger partial charge in [0.25, 0.3) is 0 Å². The molecule has 1 saturated heterocycles. The second-order valence-electron chi connectivity index (χ2n) is 5.01. The van der Waals surface area contributed by atoms with E-state index >= 15 is 0 Å². The van der Waals surface area contributed by atoms with Crippen LogP contribution in [0.1, 0.15) is 24.4 Å². The Morgan fingerprint density at radius 2 is 2.22 bits per heavy atom. The van der Waals surface area contributed by atoms with Crippen molar-refractivity contribution in [2.45, 2.75) is 24.9 Å². The Labute approximate surface area is 108 Å². The fourth-order valence-corrected chi connectivity index (χ4v) is 2.74. The highest BCUT2D eigenvalue weighted by atomic mass is 19.1. The minimum Gasteiger partial charge on any atom is -0.494 e. The lowest BCUT2D eigenvalue weighted by atomic mass is 9.97. The van der Waals surface area contributed by atoms with Crippen LogP contribution < -0.4 is 10.1 Å². The molecule has 0 bridgehead atoms. The van der Waals surface area contributed by atoms with E-state index in [1.165, 1.54) is 13.5 Å². The molecule has 18 heavy (non-hydrogen) atoms. The van der Waals surface area contributed by atoms with Gasteiger partial charge in [0.2, 0.25) is 0 Å². The van der Waals surface area contributed by atoms with Gasteiger partial charge in [-0.3, -0.25) is 0 Å². The van der Waals surface area contributed by atoms with Crippen LogP contribution in [0.2, 0.25) is 0 Å². The first kappa shape index (κ1) is 13.3. The lowest BCUT2D eigenvalue weighted by Crippen LogP contribution is -2.37. The lowest BCUT2D eigenvalue weighted by molar-refractivity contribution is 0.243. The van der Waals surface area contributed by atoms with Crippen LogP contribution in [-0.4, -0.2) is 38.7 Å². The quantitative estimate of drug-likeness (QED) is 0.889. The fraction of sp³-hybridized carbons (Fsp3) is 0.571. The first-order chi connectivity index (χ1) is 8.63. The zero-order chi connectivity index (χ0) is 13.1. The summed E-state index contributed by atoms with van der Waals surface area (Å²) < 4.78 is 18.8. The number of likely N-dealkylation sites (N-methyl/N-ethyl adjacent to an activating group) is 1. The molecule has 1 aliphatic heterocycles. The number of rotatable bonds is 4. The van der Waals surface area contributed by atoms with Gasteiger partial charge in [-0.05, 0) is 51.2 Å². The van der Waals surface area contributed by atoms with E-state index in [1.54, 1.807) is 12.1 Å². The van der Waals surface area contributed by atoms with Gasteiger partial charge < -0.3 is 15.0 Å². The van der Waals surface area contributed by atoms with E-state index in [0.29, 0.717) is 11.8 Å². The maximum Gasteiger partial charge on any atom is 0.165 e. The molecule has 0 spiro atoms. The number of hydrogen-bond donors (Lipinski definition) is 1. The second kappa shape index (κ2) is 5.67. The van der Waals surface area contributed by atoms with Crippen molar-refractivity contribution in [1.82, 2.24) is 10.2 Å². The summed E-state index contributed by atoms with van der Waals surface area (Å²) in [5.41, 5.74) is 0.998. The molecule has 0 saturated carbocycles. The van der Waals surface area contributed by atoms with Crippen LogP contribution in [-0.2, 0) is 0 Å². The third-order valence-corrected chi connectivity index (χ3v) is 3.55. The van der Waals surface area contributed by atoms with Crippen molar-refractivity contribution in [3.05, 3.63) is 29.6 Å². The van der Waals surface area contributed by atoms with E-state index in [9.17, 15) is 4.39 Å². The normalized spacial score (nSPS) is 21.3. The molecule has 100 valence electrons. The molecule has 1 N–H and O–H groups in total. The predicted octanol–water partition coefficient (Wildman–Crippen LogP) is 2.19. The number of hydrogen-bond acceptors (Lipinski definition) is 3. The van der Waals surface area contributed by atoms with E-state index in [2.05, 4.69) is 10.2 Å². The Morgan fingerprint density at radius 3 is 2.72 bits per heavy atom. The molecule has 1 heterocycles. The molecular formula is C14H21FN2O. The lowest BCUT2D eigenvalue weighted by Gasteiger charge is -2.30. The van der Waals surface area contributed by atoms with E-state index in [1.807, 2.05) is 20.2 Å². The van der Waals surface area contributed by atoms with Crippen molar-refractivity contribution >= 4 is 0 Å². The number of halogens is 1. The maximum absolute atomic E-state index is 13.8. The zero-order valence-corrected chi connectivity index (χ0v) is 11.2. The van der Waals surface area contributed by atoms with E-state index in [0.717, 1.165) is 18.5 Å². The van der Waals surface area contributed by atoms with Gasteiger partial charge in [-0.1, -0.05) is 6.07 Å². The summed E-state index contributed by atoms with van der Waals surface area (Å²) in [5, 5.41) is 3.49. The van der Waals surface area contributed by atoms with Crippen LogP contribution in [0.5, 0.6) is 5.75 Å². The fourth-order valence-electron chi connectivity index (χ4n) is 2.74. The van der Waals surface area contributed by atoms with E-state index < -0.39 is 0 Å². The van der Waals surface area contributed by atoms with Crippen molar-refractivity contribution in [2.75, 3.05) is 27.7 Å². The number of methoxy groups -OCH3 is 1. The molecule has 0 radical (unpaired) electrons. The summed E-state index contributed by atoms with van der Waals surface area (Å²) in [6.45, 7) is 1.05. The van der Waals surface area contributed by atoms with E-state index in [-0.39, 0.29) is 11.9 Å². The summed E-state index contributed by atoms with van der Waals surface area (Å²) >= 11 is 0. The molecule has 0 aliphatic carbocycles. The summed E-state index contributed by atoms with van der Waals surface area (Å²) in [5.74, 6) is 0.00971. The Bertz CT molecular complexity index is 403. The summed E-state index contributed by atoms with van der Waals surface area (Å²) in [6.07, 6.45) is 2.32. The second-order valence-corrected chi connectivity index (χ2v) is 5.01. The molecule has 2 unspecified atom stereocenters. The van der Waals surface area contributed by atoms with Crippen molar-refractivity contribution in [2.24, 2.45) is 0 Å². The van der Waals surface area contributed by atoms with Gasteiger partial charge in [-0.2, -0.15) is 0 Å². The van der Waals surface area contributed by atoms with Gasteiger partial charge in [0, 0.05) is 12.1 Å². The highest BCUT2D eigenvalue weighted by Gasteiger charge is 2.28. The van der Waals surface area contributed by atoms with Crippen LogP contribution in [0, 0.1) is 5.82 Å². The van der Waals surface area contributed by atoms with Crippen LogP contribution in [0.4, 0.5) is 4.39 Å². The Kier molecular flexibility index (Phi) is 4.19. The monoisotopic (exact) mass is 252 g/mol. The van der Waals surface area contributed by atoms with Gasteiger partial charge in [0.1, 0.15) is 0 Å². The first-order valence-electron chi connectivity index (χ1n) is 6.36. The molecule has 0 amide bonds. The number of nitrogens with zero attached hydrogens (tertiary/aromatic N) is 1. The average molecular weight is 252 g/mol. The summed E-state index contributed by atoms with van der Waals surface area (Å²) in [7, 11) is 5.56. The van der Waals surface area contributed by atoms with Crippen LogP contribution in [0.25, 0.3) is 0 Å². The van der Waals surface area contributed by atoms with Gasteiger partial charge in [-0.15, -0.1) is 0 Å². The van der Waals surface area contributed by atoms with Crippen molar-refractivity contribution in [3.8, 4) is 5.75 Å². The molecule has 3 nitrogen and oxygen atoms in total. The molecule has 1 aromatic carbocycles. The Morgan fingerprint density at radius 1 is 1.44 bits per heavy atom. The third-order valence-electron chi connectivity index (χ3n) is 3.55. The van der Waals surface area contributed by atoms with Gasteiger partial charge in [-0.25, -0.2) is 4.39 Å². The smallest absolute Gasteiger partial charge is 0.165 e. The Balaban J connectivity index is 2.27. The largest absolute Gasteiger partial charge is 0.494 e.